The minimum Gasteiger partial charge on any atom is -0.492 e. The van der Waals surface area contributed by atoms with Crippen LogP contribution in [0.4, 0.5) is 5.82 Å². The Morgan fingerprint density at radius 2 is 2.09 bits per heavy atom. The van der Waals surface area contributed by atoms with Gasteiger partial charge in [-0.15, -0.1) is 4.40 Å². The number of hydrogen-bond acceptors (Lipinski definition) is 7. The van der Waals surface area contributed by atoms with Crippen molar-refractivity contribution in [2.75, 3.05) is 24.6 Å². The molecule has 33 heavy (non-hydrogen) atoms. The number of pyridine rings is 1. The van der Waals surface area contributed by atoms with Crippen LogP contribution in [-0.2, 0) is 15.8 Å². The molecule has 1 aromatic carbocycles. The van der Waals surface area contributed by atoms with E-state index in [0.29, 0.717) is 41.4 Å². The van der Waals surface area contributed by atoms with E-state index in [9.17, 15) is 13.2 Å². The number of amidine groups is 1. The zero-order valence-corrected chi connectivity index (χ0v) is 19.8. The summed E-state index contributed by atoms with van der Waals surface area (Å²) >= 11 is 0. The van der Waals surface area contributed by atoms with Crippen molar-refractivity contribution in [2.45, 2.75) is 38.9 Å². The SMILES string of the molecule is CC(C)CC(=O)c1ccc(N2CCC[C@H](COc3cccc4c3C(N)=NS(=O)(=O)C4)C2)nc1. The highest BCUT2D eigenvalue weighted by molar-refractivity contribution is 7.89. The van der Waals surface area contributed by atoms with Crippen LogP contribution in [0.2, 0.25) is 0 Å². The Labute approximate surface area is 194 Å². The monoisotopic (exact) mass is 470 g/mol. The van der Waals surface area contributed by atoms with Gasteiger partial charge in [0.2, 0.25) is 0 Å². The summed E-state index contributed by atoms with van der Waals surface area (Å²) in [5.41, 5.74) is 7.78. The van der Waals surface area contributed by atoms with Gasteiger partial charge in [0.1, 0.15) is 17.4 Å². The van der Waals surface area contributed by atoms with Crippen molar-refractivity contribution in [1.29, 1.82) is 0 Å². The van der Waals surface area contributed by atoms with Gasteiger partial charge in [0.15, 0.2) is 5.78 Å². The average Bonchev–Trinajstić information content (AvgIpc) is 2.76. The summed E-state index contributed by atoms with van der Waals surface area (Å²) in [5, 5.41) is 0. The molecule has 0 bridgehead atoms. The fraction of sp³-hybridized carbons (Fsp3) is 0.458. The molecule has 0 unspecified atom stereocenters. The molecule has 2 aromatic rings. The smallest absolute Gasteiger partial charge is 0.259 e. The molecule has 9 heteroatoms. The van der Waals surface area contributed by atoms with Gasteiger partial charge in [-0.1, -0.05) is 26.0 Å². The number of ether oxygens (including phenoxy) is 1. The maximum absolute atomic E-state index is 12.3. The van der Waals surface area contributed by atoms with E-state index in [1.54, 1.807) is 24.4 Å². The standard InChI is InChI=1S/C24H30N4O4S/c1-16(2)11-20(29)18-8-9-22(26-12-18)28-10-4-5-17(13-28)14-32-21-7-3-6-19-15-33(30,31)27-24(25)23(19)21/h3,6-9,12,16-17H,4-5,10-11,13-15H2,1-2H3,(H2,25,27)/t17-/m0/s1. The van der Waals surface area contributed by atoms with Crippen LogP contribution < -0.4 is 15.4 Å². The van der Waals surface area contributed by atoms with Gasteiger partial charge in [0.05, 0.1) is 17.9 Å². The third-order valence-corrected chi connectivity index (χ3v) is 7.08. The molecule has 3 heterocycles. The van der Waals surface area contributed by atoms with E-state index in [1.807, 2.05) is 26.0 Å². The van der Waals surface area contributed by atoms with Gasteiger partial charge in [-0.2, -0.15) is 0 Å². The van der Waals surface area contributed by atoms with Crippen LogP contribution in [0.1, 0.15) is 54.6 Å². The highest BCUT2D eigenvalue weighted by atomic mass is 32.2. The van der Waals surface area contributed by atoms with Crippen LogP contribution in [-0.4, -0.2) is 44.7 Å². The van der Waals surface area contributed by atoms with E-state index in [4.69, 9.17) is 10.5 Å². The number of ketones is 1. The molecule has 8 nitrogen and oxygen atoms in total. The largest absolute Gasteiger partial charge is 0.492 e. The average molecular weight is 471 g/mol. The minimum atomic E-state index is -3.58. The topological polar surface area (TPSA) is 115 Å². The lowest BCUT2D eigenvalue weighted by molar-refractivity contribution is 0.0967. The lowest BCUT2D eigenvalue weighted by Crippen LogP contribution is -2.38. The second kappa shape index (κ2) is 9.51. The molecule has 1 saturated heterocycles. The Morgan fingerprint density at radius 3 is 2.82 bits per heavy atom. The highest BCUT2D eigenvalue weighted by Gasteiger charge is 2.27. The number of nitrogens with zero attached hydrogens (tertiary/aromatic N) is 3. The van der Waals surface area contributed by atoms with E-state index in [2.05, 4.69) is 14.3 Å². The number of aromatic nitrogens is 1. The van der Waals surface area contributed by atoms with Crippen LogP contribution in [0, 0.1) is 11.8 Å². The zero-order valence-electron chi connectivity index (χ0n) is 19.0. The van der Waals surface area contributed by atoms with Gasteiger partial charge in [-0.05, 0) is 42.5 Å². The first-order chi connectivity index (χ1) is 15.7. The van der Waals surface area contributed by atoms with Gasteiger partial charge in [0, 0.05) is 37.2 Å². The summed E-state index contributed by atoms with van der Waals surface area (Å²) in [5.74, 6) is 1.96. The third kappa shape index (κ3) is 5.52. The zero-order chi connectivity index (χ0) is 23.6. The van der Waals surface area contributed by atoms with Crippen molar-refractivity contribution >= 4 is 27.5 Å². The molecule has 2 aliphatic rings. The van der Waals surface area contributed by atoms with Crippen molar-refractivity contribution in [1.82, 2.24) is 4.98 Å². The third-order valence-electron chi connectivity index (χ3n) is 5.93. The molecule has 0 spiro atoms. The molecule has 176 valence electrons. The molecule has 2 N–H and O–H groups in total. The van der Waals surface area contributed by atoms with Crippen molar-refractivity contribution in [3.8, 4) is 5.75 Å². The Balaban J connectivity index is 1.40. The number of piperidine rings is 1. The molecule has 0 saturated carbocycles. The molecule has 2 aliphatic heterocycles. The first-order valence-corrected chi connectivity index (χ1v) is 12.9. The molecule has 0 aliphatic carbocycles. The molecular formula is C24H30N4O4S. The predicted molar refractivity (Wildman–Crippen MR) is 128 cm³/mol. The number of fused-ring (bicyclic) bond motifs is 1. The van der Waals surface area contributed by atoms with Gasteiger partial charge in [-0.25, -0.2) is 13.4 Å². The van der Waals surface area contributed by atoms with Crippen LogP contribution in [0.15, 0.2) is 40.9 Å². The fourth-order valence-corrected chi connectivity index (χ4v) is 5.46. The maximum atomic E-state index is 12.3. The van der Waals surface area contributed by atoms with Crippen LogP contribution in [0.25, 0.3) is 0 Å². The second-order valence-electron chi connectivity index (χ2n) is 9.18. The summed E-state index contributed by atoms with van der Waals surface area (Å²) in [6.07, 6.45) is 4.23. The highest BCUT2D eigenvalue weighted by Crippen LogP contribution is 2.29. The molecule has 0 radical (unpaired) electrons. The summed E-state index contributed by atoms with van der Waals surface area (Å²) < 4.78 is 33.5. The number of nitrogens with two attached hydrogens (primary N) is 1. The molecule has 0 amide bonds. The second-order valence-corrected chi connectivity index (χ2v) is 10.8. The normalized spacial score (nSPS) is 19.7. The van der Waals surface area contributed by atoms with E-state index < -0.39 is 10.0 Å². The molecular weight excluding hydrogens is 440 g/mol. The van der Waals surface area contributed by atoms with Gasteiger partial charge >= 0.3 is 0 Å². The number of hydrogen-bond donors (Lipinski definition) is 1. The summed E-state index contributed by atoms with van der Waals surface area (Å²) in [7, 11) is -3.58. The van der Waals surface area contributed by atoms with Gasteiger partial charge in [0.25, 0.3) is 10.0 Å². The number of carbonyl (C=O) groups is 1. The molecule has 1 aromatic heterocycles. The van der Waals surface area contributed by atoms with Crippen molar-refractivity contribution < 1.29 is 17.9 Å². The minimum absolute atomic E-state index is 0.0200. The first-order valence-electron chi connectivity index (χ1n) is 11.3. The Bertz CT molecular complexity index is 1160. The summed E-state index contributed by atoms with van der Waals surface area (Å²) in [6, 6.07) is 9.10. The van der Waals surface area contributed by atoms with Crippen LogP contribution in [0.5, 0.6) is 5.75 Å². The van der Waals surface area contributed by atoms with Crippen LogP contribution >= 0.6 is 0 Å². The van der Waals surface area contributed by atoms with Gasteiger partial charge in [-0.3, -0.25) is 4.79 Å². The summed E-state index contributed by atoms with van der Waals surface area (Å²) in [4.78, 5) is 19.0. The lowest BCUT2D eigenvalue weighted by atomic mass is 9.98. The molecule has 4 rings (SSSR count). The molecule has 1 fully saturated rings. The number of Topliss-reactive ketones (excluding diaryl/α,β-unsaturated/α-hetero) is 1. The van der Waals surface area contributed by atoms with Crippen LogP contribution in [0.3, 0.4) is 0 Å². The summed E-state index contributed by atoms with van der Waals surface area (Å²) in [6.45, 7) is 6.24. The van der Waals surface area contributed by atoms with E-state index in [0.717, 1.165) is 31.7 Å². The van der Waals surface area contributed by atoms with E-state index in [1.165, 1.54) is 0 Å². The fourth-order valence-electron chi connectivity index (χ4n) is 4.38. The number of sulfonamides is 1. The van der Waals surface area contributed by atoms with Gasteiger partial charge < -0.3 is 15.4 Å². The Kier molecular flexibility index (Phi) is 6.69. The molecule has 1 atom stereocenters. The van der Waals surface area contributed by atoms with Crippen molar-refractivity contribution in [3.05, 3.63) is 53.2 Å². The Hall–Kier alpha value is -2.94. The van der Waals surface area contributed by atoms with E-state index in [-0.39, 0.29) is 23.3 Å². The Morgan fingerprint density at radius 1 is 1.27 bits per heavy atom. The lowest BCUT2D eigenvalue weighted by Gasteiger charge is -2.33. The number of rotatable bonds is 7. The number of carbonyl (C=O) groups excluding carboxylic acids is 1. The number of anilines is 1. The first kappa shape index (κ1) is 23.2. The van der Waals surface area contributed by atoms with E-state index >= 15 is 0 Å². The predicted octanol–water partition coefficient (Wildman–Crippen LogP) is 3.15. The van der Waals surface area contributed by atoms with Crippen molar-refractivity contribution in [3.63, 3.8) is 0 Å². The number of benzene rings is 1. The van der Waals surface area contributed by atoms with Crippen molar-refractivity contribution in [2.24, 2.45) is 22.0 Å². The quantitative estimate of drug-likeness (QED) is 0.618. The maximum Gasteiger partial charge on any atom is 0.259 e.